The predicted molar refractivity (Wildman–Crippen MR) is 68.7 cm³/mol. The number of nitrogens with one attached hydrogen (secondary N) is 1. The predicted octanol–water partition coefficient (Wildman–Crippen LogP) is 1.51. The molecule has 0 fully saturated rings. The normalized spacial score (nSPS) is 11.5. The van der Waals surface area contributed by atoms with Gasteiger partial charge in [0.25, 0.3) is 0 Å². The van der Waals surface area contributed by atoms with Crippen LogP contribution in [0.3, 0.4) is 0 Å². The smallest absolute Gasteiger partial charge is 0.179 e. The van der Waals surface area contributed by atoms with E-state index < -0.39 is 9.84 Å². The van der Waals surface area contributed by atoms with Gasteiger partial charge >= 0.3 is 0 Å². The van der Waals surface area contributed by atoms with E-state index in [0.717, 1.165) is 18.4 Å². The van der Waals surface area contributed by atoms with Crippen LogP contribution in [0.1, 0.15) is 5.56 Å². The molecule has 96 valence electrons. The molecule has 0 aliphatic carbocycles. The number of hydrogen-bond donors (Lipinski definition) is 1. The number of halogens is 1. The van der Waals surface area contributed by atoms with Gasteiger partial charge in [-0.1, -0.05) is 11.6 Å². The molecule has 0 saturated carbocycles. The lowest BCUT2D eigenvalue weighted by Gasteiger charge is -2.11. The van der Waals surface area contributed by atoms with Gasteiger partial charge in [-0.15, -0.1) is 0 Å². The van der Waals surface area contributed by atoms with Gasteiger partial charge in [-0.25, -0.2) is 8.42 Å². The van der Waals surface area contributed by atoms with Gasteiger partial charge in [0.2, 0.25) is 0 Å². The average Bonchev–Trinajstić information content (AvgIpc) is 2.24. The van der Waals surface area contributed by atoms with E-state index in [1.165, 1.54) is 7.11 Å². The molecule has 1 aromatic rings. The number of ether oxygens (including phenoxy) is 1. The molecule has 0 heterocycles. The Bertz CT molecular complexity index is 500. The third kappa shape index (κ3) is 3.59. The number of methoxy groups -OCH3 is 1. The highest BCUT2D eigenvalue weighted by molar-refractivity contribution is 7.90. The van der Waals surface area contributed by atoms with Crippen LogP contribution in [-0.2, 0) is 16.3 Å². The molecule has 17 heavy (non-hydrogen) atoms. The Balaban J connectivity index is 3.29. The van der Waals surface area contributed by atoms with Crippen LogP contribution in [0.2, 0.25) is 5.02 Å². The molecule has 0 radical (unpaired) electrons. The lowest BCUT2D eigenvalue weighted by molar-refractivity contribution is 0.403. The molecule has 0 unspecified atom stereocenters. The van der Waals surface area contributed by atoms with Gasteiger partial charge in [-0.2, -0.15) is 0 Å². The summed E-state index contributed by atoms with van der Waals surface area (Å²) in [6.45, 7) is 0.756. The van der Waals surface area contributed by atoms with Crippen LogP contribution >= 0.6 is 11.6 Å². The van der Waals surface area contributed by atoms with Crippen LogP contribution < -0.4 is 10.1 Å². The van der Waals surface area contributed by atoms with Gasteiger partial charge in [0.15, 0.2) is 15.6 Å². The van der Waals surface area contributed by atoms with Gasteiger partial charge < -0.3 is 10.1 Å². The van der Waals surface area contributed by atoms with Crippen LogP contribution in [0.25, 0.3) is 0 Å². The second-order valence-electron chi connectivity index (χ2n) is 3.73. The molecule has 1 aromatic carbocycles. The molecule has 0 aliphatic heterocycles. The summed E-state index contributed by atoms with van der Waals surface area (Å²) in [6.07, 6.45) is 1.85. The second-order valence-corrected chi connectivity index (χ2v) is 6.13. The van der Waals surface area contributed by atoms with E-state index in [1.54, 1.807) is 12.1 Å². The Morgan fingerprint density at radius 2 is 2.06 bits per heavy atom. The lowest BCUT2D eigenvalue weighted by Crippen LogP contribution is -2.11. The quantitative estimate of drug-likeness (QED) is 0.886. The van der Waals surface area contributed by atoms with Crippen molar-refractivity contribution >= 4 is 21.4 Å². The summed E-state index contributed by atoms with van der Waals surface area (Å²) >= 11 is 6.01. The Labute approximate surface area is 107 Å². The Hall–Kier alpha value is -0.780. The van der Waals surface area contributed by atoms with Crippen molar-refractivity contribution in [3.8, 4) is 5.75 Å². The zero-order valence-electron chi connectivity index (χ0n) is 10.1. The molecule has 0 aromatic heterocycles. The maximum absolute atomic E-state index is 11.6. The van der Waals surface area contributed by atoms with Crippen LogP contribution in [-0.4, -0.2) is 35.4 Å². The summed E-state index contributed by atoms with van der Waals surface area (Å²) in [7, 11) is -0.104. The average molecular weight is 278 g/mol. The molecule has 0 aliphatic rings. The van der Waals surface area contributed by atoms with E-state index in [4.69, 9.17) is 16.3 Å². The van der Waals surface area contributed by atoms with Crippen molar-refractivity contribution in [2.24, 2.45) is 0 Å². The van der Waals surface area contributed by atoms with Crippen molar-refractivity contribution < 1.29 is 13.2 Å². The van der Waals surface area contributed by atoms with E-state index in [2.05, 4.69) is 5.32 Å². The standard InChI is InChI=1S/C11H16ClNO3S/c1-13-5-4-8-6-9(12)11(16-2)10(7-8)17(3,14)15/h6-7,13H,4-5H2,1-3H3. The minimum Gasteiger partial charge on any atom is -0.494 e. The molecular formula is C11H16ClNO3S. The van der Waals surface area contributed by atoms with Gasteiger partial charge in [0, 0.05) is 6.26 Å². The second kappa shape index (κ2) is 5.71. The van der Waals surface area contributed by atoms with E-state index >= 15 is 0 Å². The lowest BCUT2D eigenvalue weighted by atomic mass is 10.1. The summed E-state index contributed by atoms with van der Waals surface area (Å²) in [6, 6.07) is 3.34. The summed E-state index contributed by atoms with van der Waals surface area (Å²) in [4.78, 5) is 0.138. The van der Waals surface area contributed by atoms with Crippen molar-refractivity contribution in [3.63, 3.8) is 0 Å². The van der Waals surface area contributed by atoms with E-state index in [-0.39, 0.29) is 10.6 Å². The molecule has 0 amide bonds. The molecule has 6 heteroatoms. The molecular weight excluding hydrogens is 262 g/mol. The highest BCUT2D eigenvalue weighted by Crippen LogP contribution is 2.33. The number of benzene rings is 1. The fraction of sp³-hybridized carbons (Fsp3) is 0.455. The molecule has 0 bridgehead atoms. The minimum absolute atomic E-state index is 0.138. The fourth-order valence-corrected chi connectivity index (χ4v) is 2.78. The summed E-state index contributed by atoms with van der Waals surface area (Å²) in [5.41, 5.74) is 0.866. The maximum Gasteiger partial charge on any atom is 0.179 e. The maximum atomic E-state index is 11.6. The Kier molecular flexibility index (Phi) is 4.80. The highest BCUT2D eigenvalue weighted by atomic mass is 35.5. The van der Waals surface area contributed by atoms with Gasteiger partial charge in [-0.3, -0.25) is 0 Å². The first-order chi connectivity index (χ1) is 7.90. The van der Waals surface area contributed by atoms with E-state index in [0.29, 0.717) is 11.4 Å². The summed E-state index contributed by atoms with van der Waals surface area (Å²) in [5.74, 6) is 0.211. The largest absolute Gasteiger partial charge is 0.494 e. The minimum atomic E-state index is -3.35. The Morgan fingerprint density at radius 1 is 1.41 bits per heavy atom. The van der Waals surface area contributed by atoms with Crippen LogP contribution in [0.15, 0.2) is 17.0 Å². The SMILES string of the molecule is CNCCc1cc(Cl)c(OC)c(S(C)(=O)=O)c1. The van der Waals surface area contributed by atoms with Crippen molar-refractivity contribution in [2.75, 3.05) is 27.0 Å². The fourth-order valence-electron chi connectivity index (χ4n) is 1.51. The van der Waals surface area contributed by atoms with E-state index in [1.807, 2.05) is 7.05 Å². The number of rotatable bonds is 5. The topological polar surface area (TPSA) is 55.4 Å². The third-order valence-corrected chi connectivity index (χ3v) is 3.72. The summed E-state index contributed by atoms with van der Waals surface area (Å²) < 4.78 is 28.3. The molecule has 0 spiro atoms. The third-order valence-electron chi connectivity index (χ3n) is 2.34. The number of likely N-dealkylation sites (N-methyl/N-ethyl adjacent to an activating group) is 1. The number of hydrogen-bond acceptors (Lipinski definition) is 4. The van der Waals surface area contributed by atoms with Crippen LogP contribution in [0.4, 0.5) is 0 Å². The van der Waals surface area contributed by atoms with E-state index in [9.17, 15) is 8.42 Å². The summed E-state index contributed by atoms with van der Waals surface area (Å²) in [5, 5.41) is 3.32. The van der Waals surface area contributed by atoms with Crippen LogP contribution in [0.5, 0.6) is 5.75 Å². The number of sulfone groups is 1. The first-order valence-electron chi connectivity index (χ1n) is 5.11. The van der Waals surface area contributed by atoms with Crippen molar-refractivity contribution in [1.29, 1.82) is 0 Å². The highest BCUT2D eigenvalue weighted by Gasteiger charge is 2.18. The van der Waals surface area contributed by atoms with Crippen LogP contribution in [0, 0.1) is 0 Å². The molecule has 0 saturated heterocycles. The van der Waals surface area contributed by atoms with Crippen molar-refractivity contribution in [3.05, 3.63) is 22.7 Å². The zero-order valence-corrected chi connectivity index (χ0v) is 11.7. The van der Waals surface area contributed by atoms with Gasteiger partial charge in [0.05, 0.1) is 12.1 Å². The first-order valence-corrected chi connectivity index (χ1v) is 7.38. The molecule has 1 N–H and O–H groups in total. The Morgan fingerprint density at radius 3 is 2.53 bits per heavy atom. The molecule has 0 atom stereocenters. The zero-order chi connectivity index (χ0) is 13.1. The molecule has 1 rings (SSSR count). The van der Waals surface area contributed by atoms with Crippen molar-refractivity contribution in [1.82, 2.24) is 5.32 Å². The monoisotopic (exact) mass is 277 g/mol. The first kappa shape index (κ1) is 14.3. The van der Waals surface area contributed by atoms with Gasteiger partial charge in [-0.05, 0) is 37.7 Å². The van der Waals surface area contributed by atoms with Gasteiger partial charge in [0.1, 0.15) is 4.90 Å². The van der Waals surface area contributed by atoms with Crippen molar-refractivity contribution in [2.45, 2.75) is 11.3 Å². The molecule has 4 nitrogen and oxygen atoms in total.